The fourth-order valence-electron chi connectivity index (χ4n) is 1.36. The molecule has 6 nitrogen and oxygen atoms in total. The molecule has 0 radical (unpaired) electrons. The Morgan fingerprint density at radius 2 is 2.09 bits per heavy atom. The molecule has 126 valence electrons. The van der Waals surface area contributed by atoms with Gasteiger partial charge in [-0.3, -0.25) is 0 Å². The smallest absolute Gasteiger partial charge is 0.449 e. The lowest BCUT2D eigenvalue weighted by molar-refractivity contribution is -0.141. The summed E-state index contributed by atoms with van der Waals surface area (Å²) in [6.45, 7) is 1.21. The molecule has 1 heterocycles. The Morgan fingerprint density at radius 3 is 2.61 bits per heavy atom. The summed E-state index contributed by atoms with van der Waals surface area (Å²) < 4.78 is 46.7. The Bertz CT molecular complexity index is 648. The van der Waals surface area contributed by atoms with E-state index in [1.807, 2.05) is 0 Å². The zero-order valence-corrected chi connectivity index (χ0v) is 12.8. The van der Waals surface area contributed by atoms with Crippen LogP contribution in [-0.2, 0) is 14.3 Å². The van der Waals surface area contributed by atoms with Crippen molar-refractivity contribution in [3.63, 3.8) is 0 Å². The van der Waals surface area contributed by atoms with E-state index in [4.69, 9.17) is 0 Å². The van der Waals surface area contributed by atoms with Crippen LogP contribution in [0.4, 0.5) is 18.2 Å². The molecule has 0 saturated carbocycles. The highest BCUT2D eigenvalue weighted by Gasteiger charge is 2.38. The summed E-state index contributed by atoms with van der Waals surface area (Å²) in [6.07, 6.45) is -4.65. The van der Waals surface area contributed by atoms with Gasteiger partial charge in [0.25, 0.3) is 0 Å². The van der Waals surface area contributed by atoms with Crippen LogP contribution in [0.15, 0.2) is 27.8 Å². The van der Waals surface area contributed by atoms with E-state index in [0.717, 1.165) is 18.4 Å². The standard InChI is InChI=1S/C13H12F3NO5S/c1-3-22-12(20)8(9(18)13(14,15)16)6-17-10-7(4-5-23-10)11(19)21-2/h4-6,18H,3H2,1-2H3/b9-8-,17-6+. The molecule has 0 aliphatic carbocycles. The molecule has 23 heavy (non-hydrogen) atoms. The number of alkyl halides is 3. The Hall–Kier alpha value is -2.36. The molecule has 10 heteroatoms. The van der Waals surface area contributed by atoms with Crippen LogP contribution in [0.25, 0.3) is 0 Å². The molecular formula is C13H12F3NO5S. The van der Waals surface area contributed by atoms with Gasteiger partial charge in [-0.25, -0.2) is 14.6 Å². The fourth-order valence-corrected chi connectivity index (χ4v) is 2.09. The van der Waals surface area contributed by atoms with E-state index in [-0.39, 0.29) is 17.2 Å². The van der Waals surface area contributed by atoms with E-state index in [0.29, 0.717) is 6.21 Å². The molecule has 1 aromatic heterocycles. The number of carbonyl (C=O) groups is 2. The van der Waals surface area contributed by atoms with Crippen molar-refractivity contribution in [2.45, 2.75) is 13.1 Å². The van der Waals surface area contributed by atoms with E-state index in [1.165, 1.54) is 18.4 Å². The Balaban J connectivity index is 3.24. The van der Waals surface area contributed by atoms with Gasteiger partial charge < -0.3 is 14.6 Å². The van der Waals surface area contributed by atoms with Crippen molar-refractivity contribution in [3.8, 4) is 0 Å². The van der Waals surface area contributed by atoms with Crippen LogP contribution in [0.2, 0.25) is 0 Å². The van der Waals surface area contributed by atoms with Crippen LogP contribution in [0.3, 0.4) is 0 Å². The second-order valence-electron chi connectivity index (χ2n) is 3.87. The van der Waals surface area contributed by atoms with Crippen LogP contribution in [0, 0.1) is 0 Å². The Labute approximate surface area is 132 Å². The van der Waals surface area contributed by atoms with E-state index in [9.17, 15) is 27.9 Å². The van der Waals surface area contributed by atoms with Gasteiger partial charge in [-0.1, -0.05) is 0 Å². The van der Waals surface area contributed by atoms with Gasteiger partial charge >= 0.3 is 18.1 Å². The lowest BCUT2D eigenvalue weighted by Crippen LogP contribution is -2.20. The van der Waals surface area contributed by atoms with E-state index < -0.39 is 29.4 Å². The number of aliphatic imine (C=N–C) groups is 1. The maximum absolute atomic E-state index is 12.6. The fraction of sp³-hybridized carbons (Fsp3) is 0.308. The molecule has 0 saturated heterocycles. The maximum atomic E-state index is 12.6. The lowest BCUT2D eigenvalue weighted by Gasteiger charge is -2.09. The van der Waals surface area contributed by atoms with Gasteiger partial charge in [0.1, 0.15) is 10.6 Å². The predicted octanol–water partition coefficient (Wildman–Crippen LogP) is 3.17. The topological polar surface area (TPSA) is 85.2 Å². The summed E-state index contributed by atoms with van der Waals surface area (Å²) in [5.74, 6) is -4.25. The van der Waals surface area contributed by atoms with Gasteiger partial charge in [0.15, 0.2) is 0 Å². The van der Waals surface area contributed by atoms with E-state index in [1.54, 1.807) is 0 Å². The molecular weight excluding hydrogens is 339 g/mol. The van der Waals surface area contributed by atoms with Crippen LogP contribution in [0.5, 0.6) is 0 Å². The Kier molecular flexibility index (Phi) is 6.31. The molecule has 0 aliphatic heterocycles. The molecule has 0 amide bonds. The van der Waals surface area contributed by atoms with Crippen molar-refractivity contribution < 1.29 is 37.3 Å². The first-order valence-corrected chi connectivity index (χ1v) is 6.97. The third-order valence-electron chi connectivity index (χ3n) is 2.38. The number of aliphatic hydroxyl groups is 1. The molecule has 0 fully saturated rings. The maximum Gasteiger partial charge on any atom is 0.449 e. The first kappa shape index (κ1) is 18.7. The molecule has 1 N–H and O–H groups in total. The summed E-state index contributed by atoms with van der Waals surface area (Å²) in [4.78, 5) is 26.6. The lowest BCUT2D eigenvalue weighted by atomic mass is 10.2. The predicted molar refractivity (Wildman–Crippen MR) is 76.2 cm³/mol. The molecule has 0 unspecified atom stereocenters. The second-order valence-corrected chi connectivity index (χ2v) is 4.76. The quantitative estimate of drug-likeness (QED) is 0.381. The van der Waals surface area contributed by atoms with Crippen molar-refractivity contribution in [1.29, 1.82) is 0 Å². The number of nitrogens with zero attached hydrogens (tertiary/aromatic N) is 1. The van der Waals surface area contributed by atoms with Crippen molar-refractivity contribution >= 4 is 34.5 Å². The van der Waals surface area contributed by atoms with Gasteiger partial charge in [-0.15, -0.1) is 11.3 Å². The van der Waals surface area contributed by atoms with Gasteiger partial charge in [-0.2, -0.15) is 13.2 Å². The van der Waals surface area contributed by atoms with Crippen LogP contribution < -0.4 is 0 Å². The number of thiophene rings is 1. The van der Waals surface area contributed by atoms with Crippen molar-refractivity contribution in [2.75, 3.05) is 13.7 Å². The minimum Gasteiger partial charge on any atom is -0.504 e. The van der Waals surface area contributed by atoms with Crippen molar-refractivity contribution in [3.05, 3.63) is 28.3 Å². The monoisotopic (exact) mass is 351 g/mol. The average molecular weight is 351 g/mol. The van der Waals surface area contributed by atoms with Crippen LogP contribution in [-0.4, -0.2) is 43.2 Å². The summed E-state index contributed by atoms with van der Waals surface area (Å²) in [6, 6.07) is 1.36. The van der Waals surface area contributed by atoms with E-state index in [2.05, 4.69) is 14.5 Å². The van der Waals surface area contributed by atoms with Crippen molar-refractivity contribution in [2.24, 2.45) is 4.99 Å². The number of aliphatic hydroxyl groups excluding tert-OH is 1. The largest absolute Gasteiger partial charge is 0.504 e. The number of halogens is 3. The van der Waals surface area contributed by atoms with Gasteiger partial charge in [0, 0.05) is 6.21 Å². The number of methoxy groups -OCH3 is 1. The number of allylic oxidation sites excluding steroid dienone is 1. The number of esters is 2. The summed E-state index contributed by atoms with van der Waals surface area (Å²) in [5.41, 5.74) is -1.15. The first-order valence-electron chi connectivity index (χ1n) is 6.09. The first-order chi connectivity index (χ1) is 10.7. The third-order valence-corrected chi connectivity index (χ3v) is 3.20. The molecule has 1 rings (SSSR count). The average Bonchev–Trinajstić information content (AvgIpc) is 2.94. The normalized spacial score (nSPS) is 12.9. The number of carbonyl (C=O) groups excluding carboxylic acids is 2. The number of hydrogen-bond donors (Lipinski definition) is 1. The molecule has 0 aliphatic rings. The minimum atomic E-state index is -5.14. The van der Waals surface area contributed by atoms with Crippen LogP contribution >= 0.6 is 11.3 Å². The number of hydrogen-bond acceptors (Lipinski definition) is 7. The summed E-state index contributed by atoms with van der Waals surface area (Å²) in [7, 11) is 1.13. The van der Waals surface area contributed by atoms with Crippen LogP contribution in [0.1, 0.15) is 17.3 Å². The number of ether oxygens (including phenoxy) is 2. The molecule has 1 aromatic rings. The summed E-state index contributed by atoms with van der Waals surface area (Å²) >= 11 is 0.943. The summed E-state index contributed by atoms with van der Waals surface area (Å²) in [5, 5.41) is 10.7. The molecule has 0 aromatic carbocycles. The third kappa shape index (κ3) is 4.81. The molecule has 0 atom stereocenters. The molecule has 0 bridgehead atoms. The number of rotatable bonds is 5. The van der Waals surface area contributed by atoms with Gasteiger partial charge in [0.05, 0.1) is 19.3 Å². The van der Waals surface area contributed by atoms with Gasteiger partial charge in [0.2, 0.25) is 5.76 Å². The minimum absolute atomic E-state index is 0.0171. The van der Waals surface area contributed by atoms with Crippen molar-refractivity contribution in [1.82, 2.24) is 0 Å². The molecule has 0 spiro atoms. The highest BCUT2D eigenvalue weighted by molar-refractivity contribution is 7.14. The van der Waals surface area contributed by atoms with Gasteiger partial charge in [-0.05, 0) is 18.4 Å². The Morgan fingerprint density at radius 1 is 1.43 bits per heavy atom. The highest BCUT2D eigenvalue weighted by atomic mass is 32.1. The van der Waals surface area contributed by atoms with E-state index >= 15 is 0 Å². The SMILES string of the molecule is CCOC(=O)C(/C=N/c1sccc1C(=O)OC)=C(\O)C(F)(F)F. The zero-order chi connectivity index (χ0) is 17.6. The highest BCUT2D eigenvalue weighted by Crippen LogP contribution is 2.29. The second kappa shape index (κ2) is 7.77. The zero-order valence-electron chi connectivity index (χ0n) is 12.0.